The Kier molecular flexibility index (Phi) is 9.10. The maximum absolute atomic E-state index is 5.48. The molecule has 0 radical (unpaired) electrons. The largest absolute Gasteiger partial charge is 0.497 e. The van der Waals surface area contributed by atoms with E-state index in [0.29, 0.717) is 6.54 Å². The van der Waals surface area contributed by atoms with E-state index in [0.717, 1.165) is 65.7 Å². The van der Waals surface area contributed by atoms with Crippen LogP contribution in [0.2, 0.25) is 0 Å². The van der Waals surface area contributed by atoms with Crippen molar-refractivity contribution in [3.63, 3.8) is 0 Å². The van der Waals surface area contributed by atoms with Gasteiger partial charge in [-0.15, -0.1) is 24.0 Å². The van der Waals surface area contributed by atoms with Gasteiger partial charge in [0, 0.05) is 42.4 Å². The molecule has 0 aliphatic heterocycles. The van der Waals surface area contributed by atoms with Crippen LogP contribution in [0, 0.1) is 0 Å². The minimum absolute atomic E-state index is 0. The summed E-state index contributed by atoms with van der Waals surface area (Å²) >= 11 is 0. The number of fused-ring (bicyclic) bond motifs is 1. The van der Waals surface area contributed by atoms with Crippen LogP contribution in [-0.4, -0.2) is 43.4 Å². The zero-order valence-corrected chi connectivity index (χ0v) is 19.3. The molecular formula is C20H28IN5O3. The van der Waals surface area contributed by atoms with E-state index in [4.69, 9.17) is 14.0 Å². The lowest BCUT2D eigenvalue weighted by Gasteiger charge is -2.10. The molecule has 3 aromatic rings. The van der Waals surface area contributed by atoms with Crippen molar-refractivity contribution in [3.05, 3.63) is 41.9 Å². The molecule has 0 aliphatic rings. The van der Waals surface area contributed by atoms with Gasteiger partial charge in [0.25, 0.3) is 0 Å². The molecule has 0 saturated carbocycles. The van der Waals surface area contributed by atoms with Gasteiger partial charge >= 0.3 is 0 Å². The Morgan fingerprint density at radius 3 is 2.76 bits per heavy atom. The molecule has 9 heteroatoms. The first-order valence-corrected chi connectivity index (χ1v) is 9.38. The average molecular weight is 513 g/mol. The molecule has 1 aromatic carbocycles. The SMILES string of the molecule is CCNC(=NCc1ccon1)NCCCc1cc2c(OC)cc(OC)cc2[nH]1.I. The van der Waals surface area contributed by atoms with Crippen LogP contribution in [0.25, 0.3) is 10.9 Å². The van der Waals surface area contributed by atoms with Crippen LogP contribution in [0.3, 0.4) is 0 Å². The topological polar surface area (TPSA) is 96.7 Å². The van der Waals surface area contributed by atoms with Gasteiger partial charge in [-0.1, -0.05) is 5.16 Å². The first-order chi connectivity index (χ1) is 13.7. The first-order valence-electron chi connectivity index (χ1n) is 9.38. The fourth-order valence-electron chi connectivity index (χ4n) is 2.96. The van der Waals surface area contributed by atoms with Crippen LogP contribution in [0.1, 0.15) is 24.7 Å². The van der Waals surface area contributed by atoms with E-state index in [2.05, 4.69) is 31.8 Å². The van der Waals surface area contributed by atoms with E-state index in [1.54, 1.807) is 20.5 Å². The van der Waals surface area contributed by atoms with E-state index in [9.17, 15) is 0 Å². The maximum Gasteiger partial charge on any atom is 0.191 e. The summed E-state index contributed by atoms with van der Waals surface area (Å²) in [5.41, 5.74) is 2.98. The summed E-state index contributed by atoms with van der Waals surface area (Å²) in [6, 6.07) is 7.83. The Morgan fingerprint density at radius 1 is 1.21 bits per heavy atom. The van der Waals surface area contributed by atoms with Gasteiger partial charge < -0.3 is 29.6 Å². The number of hydrogen-bond donors (Lipinski definition) is 3. The second kappa shape index (κ2) is 11.5. The highest BCUT2D eigenvalue weighted by Crippen LogP contribution is 2.31. The molecular weight excluding hydrogens is 485 g/mol. The number of H-pyrrole nitrogens is 1. The molecule has 0 atom stereocenters. The minimum Gasteiger partial charge on any atom is -0.497 e. The fourth-order valence-corrected chi connectivity index (χ4v) is 2.96. The number of hydrogen-bond acceptors (Lipinski definition) is 5. The van der Waals surface area contributed by atoms with Gasteiger partial charge in [0.15, 0.2) is 5.96 Å². The number of nitrogens with one attached hydrogen (secondary N) is 3. The third-order valence-corrected chi connectivity index (χ3v) is 4.33. The lowest BCUT2D eigenvalue weighted by atomic mass is 10.2. The Labute approximate surface area is 187 Å². The van der Waals surface area contributed by atoms with Crippen LogP contribution in [0.5, 0.6) is 11.5 Å². The van der Waals surface area contributed by atoms with Crippen LogP contribution in [0.15, 0.2) is 40.0 Å². The Morgan fingerprint density at radius 2 is 2.07 bits per heavy atom. The number of methoxy groups -OCH3 is 2. The molecule has 29 heavy (non-hydrogen) atoms. The molecule has 2 heterocycles. The van der Waals surface area contributed by atoms with Crippen LogP contribution < -0.4 is 20.1 Å². The molecule has 0 spiro atoms. The van der Waals surface area contributed by atoms with Gasteiger partial charge in [0.2, 0.25) is 0 Å². The summed E-state index contributed by atoms with van der Waals surface area (Å²) in [6.45, 7) is 4.13. The quantitative estimate of drug-likeness (QED) is 0.176. The summed E-state index contributed by atoms with van der Waals surface area (Å²) < 4.78 is 15.6. The standard InChI is InChI=1S/C20H27N5O3.HI/c1-4-21-20(23-13-15-7-9-28-25-15)22-8-5-6-14-10-17-18(24-14)11-16(26-2)12-19(17)27-3;/h7,9-12,24H,4-6,8,13H2,1-3H3,(H2,21,22,23);1H. The molecule has 0 saturated heterocycles. The van der Waals surface area contributed by atoms with Crippen molar-refractivity contribution in [2.24, 2.45) is 4.99 Å². The van der Waals surface area contributed by atoms with Crippen molar-refractivity contribution >= 4 is 40.8 Å². The van der Waals surface area contributed by atoms with Crippen molar-refractivity contribution in [1.29, 1.82) is 0 Å². The molecule has 3 rings (SSSR count). The molecule has 3 N–H and O–H groups in total. The first kappa shape index (κ1) is 22.9. The van der Waals surface area contributed by atoms with Gasteiger partial charge in [0.05, 0.1) is 26.3 Å². The highest BCUT2D eigenvalue weighted by molar-refractivity contribution is 14.0. The van der Waals surface area contributed by atoms with Crippen molar-refractivity contribution in [3.8, 4) is 11.5 Å². The zero-order valence-electron chi connectivity index (χ0n) is 16.9. The Balaban J connectivity index is 0.00000300. The van der Waals surface area contributed by atoms with Gasteiger partial charge in [0.1, 0.15) is 23.5 Å². The highest BCUT2D eigenvalue weighted by atomic mass is 127. The van der Waals surface area contributed by atoms with Crippen molar-refractivity contribution in [2.75, 3.05) is 27.3 Å². The number of aromatic nitrogens is 2. The van der Waals surface area contributed by atoms with Crippen LogP contribution in [0.4, 0.5) is 0 Å². The van der Waals surface area contributed by atoms with Gasteiger partial charge in [-0.25, -0.2) is 4.99 Å². The predicted molar refractivity (Wildman–Crippen MR) is 124 cm³/mol. The van der Waals surface area contributed by atoms with E-state index in [1.165, 1.54) is 0 Å². The van der Waals surface area contributed by atoms with Crippen LogP contribution in [-0.2, 0) is 13.0 Å². The number of guanidine groups is 1. The van der Waals surface area contributed by atoms with Crippen molar-refractivity contribution in [1.82, 2.24) is 20.8 Å². The van der Waals surface area contributed by atoms with Crippen molar-refractivity contribution in [2.45, 2.75) is 26.3 Å². The molecule has 0 aliphatic carbocycles. The van der Waals surface area contributed by atoms with E-state index >= 15 is 0 Å². The van der Waals surface area contributed by atoms with Gasteiger partial charge in [-0.2, -0.15) is 0 Å². The third kappa shape index (κ3) is 6.28. The summed E-state index contributed by atoms with van der Waals surface area (Å²) in [6.07, 6.45) is 3.42. The van der Waals surface area contributed by atoms with Crippen molar-refractivity contribution < 1.29 is 14.0 Å². The third-order valence-electron chi connectivity index (χ3n) is 4.33. The Bertz CT molecular complexity index is 908. The number of aliphatic imine (C=N–C) groups is 1. The van der Waals surface area contributed by atoms with Gasteiger partial charge in [-0.3, -0.25) is 0 Å². The summed E-state index contributed by atoms with van der Waals surface area (Å²) in [5, 5.41) is 11.5. The number of aromatic amines is 1. The number of ether oxygens (including phenoxy) is 2. The second-order valence-electron chi connectivity index (χ2n) is 6.30. The summed E-state index contributed by atoms with van der Waals surface area (Å²) in [5.74, 6) is 2.36. The van der Waals surface area contributed by atoms with Gasteiger partial charge in [-0.05, 0) is 25.8 Å². The predicted octanol–water partition coefficient (Wildman–Crippen LogP) is 3.48. The van der Waals surface area contributed by atoms with Crippen LogP contribution >= 0.6 is 24.0 Å². The molecule has 0 bridgehead atoms. The molecule has 0 fully saturated rings. The molecule has 8 nitrogen and oxygen atoms in total. The normalized spacial score (nSPS) is 11.2. The zero-order chi connectivity index (χ0) is 19.8. The number of nitrogens with zero attached hydrogens (tertiary/aromatic N) is 2. The lowest BCUT2D eigenvalue weighted by molar-refractivity contribution is 0.398. The number of benzene rings is 1. The smallest absolute Gasteiger partial charge is 0.191 e. The lowest BCUT2D eigenvalue weighted by Crippen LogP contribution is -2.37. The molecule has 0 amide bonds. The number of rotatable bonds is 9. The van der Waals surface area contributed by atoms with E-state index < -0.39 is 0 Å². The summed E-state index contributed by atoms with van der Waals surface area (Å²) in [4.78, 5) is 7.96. The number of halogens is 1. The molecule has 2 aromatic heterocycles. The molecule has 0 unspecified atom stereocenters. The minimum atomic E-state index is 0. The number of aryl methyl sites for hydroxylation is 1. The maximum atomic E-state index is 5.48. The monoisotopic (exact) mass is 513 g/mol. The Hall–Kier alpha value is -2.43. The van der Waals surface area contributed by atoms with E-state index in [-0.39, 0.29) is 24.0 Å². The van der Waals surface area contributed by atoms with E-state index in [1.807, 2.05) is 25.1 Å². The summed E-state index contributed by atoms with van der Waals surface area (Å²) in [7, 11) is 3.33. The fraction of sp³-hybridized carbons (Fsp3) is 0.400. The second-order valence-corrected chi connectivity index (χ2v) is 6.30. The average Bonchev–Trinajstić information content (AvgIpc) is 3.37. The highest BCUT2D eigenvalue weighted by Gasteiger charge is 2.09. The molecule has 158 valence electrons.